The number of aromatic nitrogens is 2. The molecule has 0 bridgehead atoms. The van der Waals surface area contributed by atoms with Crippen molar-refractivity contribution >= 4 is 5.95 Å². The van der Waals surface area contributed by atoms with Gasteiger partial charge in [-0.2, -0.15) is 9.97 Å². The van der Waals surface area contributed by atoms with Gasteiger partial charge in [0.25, 0.3) is 0 Å². The molecule has 1 aromatic rings. The molecule has 0 unspecified atom stereocenters. The van der Waals surface area contributed by atoms with Gasteiger partial charge in [0, 0.05) is 12.6 Å². The maximum atomic E-state index is 5.55. The zero-order chi connectivity index (χ0) is 13.5. The molecule has 0 saturated carbocycles. The van der Waals surface area contributed by atoms with Gasteiger partial charge < -0.3 is 20.1 Å². The summed E-state index contributed by atoms with van der Waals surface area (Å²) < 4.78 is 10.3. The summed E-state index contributed by atoms with van der Waals surface area (Å²) in [5, 5.41) is 0. The summed E-state index contributed by atoms with van der Waals surface area (Å²) in [5.41, 5.74) is 5.55. The van der Waals surface area contributed by atoms with Crippen molar-refractivity contribution in [3.8, 4) is 11.8 Å². The topological polar surface area (TPSA) is 73.5 Å². The van der Waals surface area contributed by atoms with E-state index in [0.717, 1.165) is 13.0 Å². The SMILES string of the molecule is COc1cc(OC)nc(N(CCCN)C(C)C)n1. The average molecular weight is 254 g/mol. The second-order valence-corrected chi connectivity index (χ2v) is 4.18. The second kappa shape index (κ2) is 7.00. The largest absolute Gasteiger partial charge is 0.481 e. The highest BCUT2D eigenvalue weighted by Gasteiger charge is 2.15. The van der Waals surface area contributed by atoms with Crippen LogP contribution in [0.15, 0.2) is 6.07 Å². The first-order valence-corrected chi connectivity index (χ1v) is 6.06. The summed E-state index contributed by atoms with van der Waals surface area (Å²) in [7, 11) is 3.15. The molecule has 6 heteroatoms. The third kappa shape index (κ3) is 3.73. The Bertz CT molecular complexity index is 349. The van der Waals surface area contributed by atoms with Crippen LogP contribution in [0.4, 0.5) is 5.95 Å². The van der Waals surface area contributed by atoms with Gasteiger partial charge in [-0.05, 0) is 26.8 Å². The van der Waals surface area contributed by atoms with Gasteiger partial charge in [0.1, 0.15) is 0 Å². The van der Waals surface area contributed by atoms with E-state index in [0.29, 0.717) is 24.3 Å². The minimum absolute atomic E-state index is 0.286. The van der Waals surface area contributed by atoms with Crippen LogP contribution >= 0.6 is 0 Å². The van der Waals surface area contributed by atoms with Gasteiger partial charge in [-0.15, -0.1) is 0 Å². The van der Waals surface area contributed by atoms with Gasteiger partial charge in [0.15, 0.2) is 0 Å². The highest BCUT2D eigenvalue weighted by molar-refractivity contribution is 5.37. The van der Waals surface area contributed by atoms with Gasteiger partial charge in [-0.3, -0.25) is 0 Å². The van der Waals surface area contributed by atoms with Gasteiger partial charge in [-0.25, -0.2) is 0 Å². The number of anilines is 1. The Labute approximate surface area is 108 Å². The Morgan fingerprint density at radius 3 is 2.17 bits per heavy atom. The van der Waals surface area contributed by atoms with E-state index in [1.54, 1.807) is 20.3 Å². The molecule has 0 aromatic carbocycles. The van der Waals surface area contributed by atoms with Crippen LogP contribution in [0.1, 0.15) is 20.3 Å². The molecule has 1 rings (SSSR count). The van der Waals surface area contributed by atoms with Crippen LogP contribution in [-0.2, 0) is 0 Å². The highest BCUT2D eigenvalue weighted by Crippen LogP contribution is 2.21. The first-order valence-electron chi connectivity index (χ1n) is 6.06. The summed E-state index contributed by atoms with van der Waals surface area (Å²) >= 11 is 0. The lowest BCUT2D eigenvalue weighted by atomic mass is 10.3. The maximum Gasteiger partial charge on any atom is 0.232 e. The van der Waals surface area contributed by atoms with Crippen molar-refractivity contribution in [3.05, 3.63) is 6.07 Å². The van der Waals surface area contributed by atoms with E-state index < -0.39 is 0 Å². The van der Waals surface area contributed by atoms with Crippen LogP contribution in [0, 0.1) is 0 Å². The Hall–Kier alpha value is -1.56. The molecule has 0 aliphatic carbocycles. The molecule has 0 spiro atoms. The molecule has 0 aliphatic rings. The lowest BCUT2D eigenvalue weighted by Crippen LogP contribution is -2.34. The molecule has 6 nitrogen and oxygen atoms in total. The van der Waals surface area contributed by atoms with Gasteiger partial charge in [-0.1, -0.05) is 0 Å². The molecule has 1 aromatic heterocycles. The molecule has 0 saturated heterocycles. The second-order valence-electron chi connectivity index (χ2n) is 4.18. The number of hydrogen-bond donors (Lipinski definition) is 1. The van der Waals surface area contributed by atoms with E-state index in [4.69, 9.17) is 15.2 Å². The third-order valence-electron chi connectivity index (χ3n) is 2.57. The quantitative estimate of drug-likeness (QED) is 0.784. The Balaban J connectivity index is 3.02. The van der Waals surface area contributed by atoms with E-state index in [-0.39, 0.29) is 6.04 Å². The normalized spacial score (nSPS) is 10.6. The molecular weight excluding hydrogens is 232 g/mol. The van der Waals surface area contributed by atoms with Crippen LogP contribution in [0.3, 0.4) is 0 Å². The number of methoxy groups -OCH3 is 2. The van der Waals surface area contributed by atoms with Crippen molar-refractivity contribution in [2.45, 2.75) is 26.3 Å². The number of nitrogens with zero attached hydrogens (tertiary/aromatic N) is 3. The summed E-state index contributed by atoms with van der Waals surface area (Å²) in [6.45, 7) is 5.63. The van der Waals surface area contributed by atoms with E-state index in [1.807, 2.05) is 0 Å². The molecule has 0 fully saturated rings. The fourth-order valence-electron chi connectivity index (χ4n) is 1.58. The predicted octanol–water partition coefficient (Wildman–Crippen LogP) is 1.06. The van der Waals surface area contributed by atoms with Crippen LogP contribution < -0.4 is 20.1 Å². The van der Waals surface area contributed by atoms with Gasteiger partial charge in [0.05, 0.1) is 20.3 Å². The van der Waals surface area contributed by atoms with Crippen molar-refractivity contribution in [2.24, 2.45) is 5.73 Å². The first kappa shape index (κ1) is 14.5. The van der Waals surface area contributed by atoms with Crippen molar-refractivity contribution < 1.29 is 9.47 Å². The molecule has 102 valence electrons. The lowest BCUT2D eigenvalue weighted by Gasteiger charge is -2.26. The van der Waals surface area contributed by atoms with Crippen LogP contribution in [0.5, 0.6) is 11.8 Å². The van der Waals surface area contributed by atoms with Gasteiger partial charge >= 0.3 is 0 Å². The molecule has 18 heavy (non-hydrogen) atoms. The maximum absolute atomic E-state index is 5.55. The summed E-state index contributed by atoms with van der Waals surface area (Å²) in [6.07, 6.45) is 0.890. The fourth-order valence-corrected chi connectivity index (χ4v) is 1.58. The highest BCUT2D eigenvalue weighted by atomic mass is 16.5. The molecular formula is C12H22N4O2. The van der Waals surface area contributed by atoms with E-state index in [2.05, 4.69) is 28.7 Å². The monoisotopic (exact) mass is 254 g/mol. The lowest BCUT2D eigenvalue weighted by molar-refractivity contribution is 0.371. The van der Waals surface area contributed by atoms with Crippen LogP contribution in [-0.4, -0.2) is 43.3 Å². The van der Waals surface area contributed by atoms with E-state index in [1.165, 1.54) is 0 Å². The molecule has 1 heterocycles. The number of ether oxygens (including phenoxy) is 2. The van der Waals surface area contributed by atoms with Crippen molar-refractivity contribution in [1.82, 2.24) is 9.97 Å². The minimum atomic E-state index is 0.286. The first-order chi connectivity index (χ1) is 8.62. The average Bonchev–Trinajstić information content (AvgIpc) is 2.38. The van der Waals surface area contributed by atoms with Gasteiger partial charge in [0.2, 0.25) is 17.7 Å². The zero-order valence-corrected chi connectivity index (χ0v) is 11.5. The number of hydrogen-bond acceptors (Lipinski definition) is 6. The van der Waals surface area contributed by atoms with E-state index in [9.17, 15) is 0 Å². The van der Waals surface area contributed by atoms with Crippen molar-refractivity contribution in [3.63, 3.8) is 0 Å². The Kier molecular flexibility index (Phi) is 5.64. The van der Waals surface area contributed by atoms with E-state index >= 15 is 0 Å². The summed E-state index contributed by atoms with van der Waals surface area (Å²) in [6, 6.07) is 1.94. The fraction of sp³-hybridized carbons (Fsp3) is 0.667. The molecule has 0 atom stereocenters. The van der Waals surface area contributed by atoms with Crippen molar-refractivity contribution in [1.29, 1.82) is 0 Å². The molecule has 0 amide bonds. The third-order valence-corrected chi connectivity index (χ3v) is 2.57. The van der Waals surface area contributed by atoms with Crippen LogP contribution in [0.25, 0.3) is 0 Å². The number of nitrogens with two attached hydrogens (primary N) is 1. The predicted molar refractivity (Wildman–Crippen MR) is 71.3 cm³/mol. The smallest absolute Gasteiger partial charge is 0.232 e. The Morgan fingerprint density at radius 2 is 1.78 bits per heavy atom. The Morgan fingerprint density at radius 1 is 1.22 bits per heavy atom. The standard InChI is InChI=1S/C12H22N4O2/c1-9(2)16(7-5-6-13)12-14-10(17-3)8-11(15-12)18-4/h8-9H,5-7,13H2,1-4H3. The number of rotatable bonds is 7. The summed E-state index contributed by atoms with van der Waals surface area (Å²) in [4.78, 5) is 10.8. The molecule has 0 radical (unpaired) electrons. The minimum Gasteiger partial charge on any atom is -0.481 e. The molecule has 2 N–H and O–H groups in total. The van der Waals surface area contributed by atoms with Crippen LogP contribution in [0.2, 0.25) is 0 Å². The van der Waals surface area contributed by atoms with Crippen molar-refractivity contribution in [2.75, 3.05) is 32.2 Å². The molecule has 0 aliphatic heterocycles. The zero-order valence-electron chi connectivity index (χ0n) is 11.5. The summed E-state index contributed by atoms with van der Waals surface area (Å²) in [5.74, 6) is 1.60.